The molecular formula is C22H30O8. The van der Waals surface area contributed by atoms with Crippen molar-refractivity contribution in [2.75, 3.05) is 13.2 Å². The molecule has 1 saturated heterocycles. The lowest BCUT2D eigenvalue weighted by Crippen LogP contribution is -2.35. The molecule has 1 heterocycles. The fourth-order valence-electron chi connectivity index (χ4n) is 3.49. The topological polar surface area (TPSA) is 108 Å². The quantitative estimate of drug-likeness (QED) is 0.166. The van der Waals surface area contributed by atoms with Gasteiger partial charge in [-0.1, -0.05) is 26.5 Å². The third kappa shape index (κ3) is 6.27. The number of allylic oxidation sites excluding steroid dienone is 1. The highest BCUT2D eigenvalue weighted by Gasteiger charge is 2.45. The first-order chi connectivity index (χ1) is 14.3. The van der Waals surface area contributed by atoms with Crippen molar-refractivity contribution in [3.05, 3.63) is 35.5 Å². The van der Waals surface area contributed by atoms with Crippen molar-refractivity contribution in [2.24, 2.45) is 11.8 Å². The minimum absolute atomic E-state index is 0.0440. The van der Waals surface area contributed by atoms with Crippen LogP contribution in [0.25, 0.3) is 0 Å². The summed E-state index contributed by atoms with van der Waals surface area (Å²) in [5.41, 5.74) is 1.71. The maximum Gasteiger partial charge on any atom is 0.334 e. The molecule has 0 spiro atoms. The Bertz CT molecular complexity index is 735. The lowest BCUT2D eigenvalue weighted by molar-refractivity contribution is -0.234. The molecule has 0 aromatic heterocycles. The van der Waals surface area contributed by atoms with Gasteiger partial charge in [0.05, 0.1) is 11.8 Å². The number of hydrogen-bond donors (Lipinski definition) is 1. The van der Waals surface area contributed by atoms with Crippen LogP contribution in [0.3, 0.4) is 0 Å². The van der Waals surface area contributed by atoms with Crippen LogP contribution in [-0.4, -0.2) is 48.6 Å². The SMILES string of the molecule is C=C1C(=O)O[C@@H]2/C=C(/COO)CC/C=C(/COC(C)=O)C[C@H](OC(=O)[C@@H](C)CC)[C@H]12. The molecule has 0 radical (unpaired) electrons. The highest BCUT2D eigenvalue weighted by molar-refractivity contribution is 5.91. The first-order valence-electron chi connectivity index (χ1n) is 10.1. The predicted molar refractivity (Wildman–Crippen MR) is 107 cm³/mol. The number of carbonyl (C=O) groups excluding carboxylic acids is 3. The summed E-state index contributed by atoms with van der Waals surface area (Å²) in [4.78, 5) is 40.4. The van der Waals surface area contributed by atoms with Crippen LogP contribution in [0.5, 0.6) is 0 Å². The number of fused-ring (bicyclic) bond motifs is 1. The first kappa shape index (κ1) is 23.8. The predicted octanol–water partition coefficient (Wildman–Crippen LogP) is 3.13. The molecule has 2 rings (SSSR count). The molecule has 1 aliphatic carbocycles. The fourth-order valence-corrected chi connectivity index (χ4v) is 3.49. The zero-order valence-electron chi connectivity index (χ0n) is 17.7. The molecule has 2 aliphatic rings. The normalized spacial score (nSPS) is 28.9. The number of esters is 3. The largest absolute Gasteiger partial charge is 0.461 e. The van der Waals surface area contributed by atoms with E-state index in [0.29, 0.717) is 19.3 Å². The van der Waals surface area contributed by atoms with E-state index in [1.54, 1.807) is 13.0 Å². The van der Waals surface area contributed by atoms with Gasteiger partial charge in [-0.3, -0.25) is 14.8 Å². The zero-order chi connectivity index (χ0) is 22.3. The van der Waals surface area contributed by atoms with Gasteiger partial charge in [-0.05, 0) is 36.5 Å². The van der Waals surface area contributed by atoms with Crippen LogP contribution in [-0.2, 0) is 33.5 Å². The Balaban J connectivity index is 2.41. The molecule has 30 heavy (non-hydrogen) atoms. The Morgan fingerprint density at radius 2 is 2.07 bits per heavy atom. The first-order valence-corrected chi connectivity index (χ1v) is 10.1. The van der Waals surface area contributed by atoms with E-state index in [4.69, 9.17) is 19.5 Å². The van der Waals surface area contributed by atoms with E-state index in [2.05, 4.69) is 11.5 Å². The van der Waals surface area contributed by atoms with Crippen molar-refractivity contribution < 1.29 is 38.7 Å². The van der Waals surface area contributed by atoms with Gasteiger partial charge in [0.2, 0.25) is 0 Å². The monoisotopic (exact) mass is 422 g/mol. The molecular weight excluding hydrogens is 392 g/mol. The van der Waals surface area contributed by atoms with Gasteiger partial charge < -0.3 is 14.2 Å². The van der Waals surface area contributed by atoms with Gasteiger partial charge in [0.25, 0.3) is 0 Å². The number of ether oxygens (including phenoxy) is 3. The Kier molecular flexibility index (Phi) is 8.80. The van der Waals surface area contributed by atoms with Gasteiger partial charge in [-0.25, -0.2) is 9.68 Å². The number of carbonyl (C=O) groups is 3. The molecule has 4 atom stereocenters. The van der Waals surface area contributed by atoms with Crippen LogP contribution < -0.4 is 0 Å². The van der Waals surface area contributed by atoms with Gasteiger partial charge in [0.1, 0.15) is 25.4 Å². The van der Waals surface area contributed by atoms with Crippen molar-refractivity contribution in [1.29, 1.82) is 0 Å². The standard InChI is InChI=1S/C22H30O8/c1-5-13(2)21(24)29-18-9-16(11-27-15(4)23)7-6-8-17(12-28-26)10-19-20(18)14(3)22(25)30-19/h7,10,13,18-20,26H,3,5-6,8-9,11-12H2,1-2,4H3/b16-7+,17-10+/t13-,18-,19+,20-/m0/s1. The lowest BCUT2D eigenvalue weighted by Gasteiger charge is -2.29. The van der Waals surface area contributed by atoms with Crippen LogP contribution >= 0.6 is 0 Å². The highest BCUT2D eigenvalue weighted by Crippen LogP contribution is 2.36. The second-order valence-corrected chi connectivity index (χ2v) is 7.69. The fraction of sp³-hybridized carbons (Fsp3) is 0.591. The summed E-state index contributed by atoms with van der Waals surface area (Å²) in [5, 5.41) is 8.90. The molecule has 0 amide bonds. The third-order valence-electron chi connectivity index (χ3n) is 5.42. The van der Waals surface area contributed by atoms with Gasteiger partial charge in [-0.2, -0.15) is 0 Å². The van der Waals surface area contributed by atoms with Crippen molar-refractivity contribution >= 4 is 17.9 Å². The minimum atomic E-state index is -0.720. The van der Waals surface area contributed by atoms with Crippen LogP contribution in [0.4, 0.5) is 0 Å². The summed E-state index contributed by atoms with van der Waals surface area (Å²) in [7, 11) is 0. The minimum Gasteiger partial charge on any atom is -0.461 e. The van der Waals surface area contributed by atoms with Crippen LogP contribution in [0, 0.1) is 11.8 Å². The maximum atomic E-state index is 12.6. The molecule has 8 heteroatoms. The number of hydrogen-bond acceptors (Lipinski definition) is 8. The molecule has 0 aromatic rings. The smallest absolute Gasteiger partial charge is 0.334 e. The average Bonchev–Trinajstić information content (AvgIpc) is 2.97. The summed E-state index contributed by atoms with van der Waals surface area (Å²) < 4.78 is 16.4. The number of rotatable bonds is 7. The van der Waals surface area contributed by atoms with Crippen LogP contribution in [0.1, 0.15) is 46.5 Å². The Morgan fingerprint density at radius 1 is 1.33 bits per heavy atom. The molecule has 0 aromatic carbocycles. The molecule has 1 N–H and O–H groups in total. The molecule has 8 nitrogen and oxygen atoms in total. The summed E-state index contributed by atoms with van der Waals surface area (Å²) in [6.45, 7) is 8.86. The lowest BCUT2D eigenvalue weighted by atomic mass is 9.85. The highest BCUT2D eigenvalue weighted by atomic mass is 17.1. The van der Waals surface area contributed by atoms with Crippen LogP contribution in [0.15, 0.2) is 35.5 Å². The second-order valence-electron chi connectivity index (χ2n) is 7.69. The van der Waals surface area contributed by atoms with E-state index in [0.717, 1.165) is 11.1 Å². The Labute approximate surface area is 176 Å². The van der Waals surface area contributed by atoms with Gasteiger partial charge in [0, 0.05) is 18.9 Å². The maximum absolute atomic E-state index is 12.6. The molecule has 1 fully saturated rings. The summed E-state index contributed by atoms with van der Waals surface area (Å²) in [6, 6.07) is 0. The average molecular weight is 422 g/mol. The van der Waals surface area contributed by atoms with Crippen LogP contribution in [0.2, 0.25) is 0 Å². The van der Waals surface area contributed by atoms with E-state index < -0.39 is 30.1 Å². The molecule has 1 aliphatic heterocycles. The molecule has 0 unspecified atom stereocenters. The summed E-state index contributed by atoms with van der Waals surface area (Å²) in [5.74, 6) is -2.25. The van der Waals surface area contributed by atoms with Crippen molar-refractivity contribution in [3.63, 3.8) is 0 Å². The molecule has 0 bridgehead atoms. The Morgan fingerprint density at radius 3 is 2.70 bits per heavy atom. The zero-order valence-corrected chi connectivity index (χ0v) is 17.7. The second kappa shape index (κ2) is 11.1. The summed E-state index contributed by atoms with van der Waals surface area (Å²) >= 11 is 0. The van der Waals surface area contributed by atoms with Gasteiger partial charge in [0.15, 0.2) is 0 Å². The van der Waals surface area contributed by atoms with E-state index >= 15 is 0 Å². The Hall–Kier alpha value is -2.45. The van der Waals surface area contributed by atoms with E-state index in [-0.39, 0.29) is 37.1 Å². The third-order valence-corrected chi connectivity index (χ3v) is 5.42. The molecule has 166 valence electrons. The van der Waals surface area contributed by atoms with Crippen molar-refractivity contribution in [3.8, 4) is 0 Å². The van der Waals surface area contributed by atoms with E-state index in [9.17, 15) is 14.4 Å². The summed E-state index contributed by atoms with van der Waals surface area (Å²) in [6.07, 6.45) is 4.26. The van der Waals surface area contributed by atoms with Crippen molar-refractivity contribution in [1.82, 2.24) is 0 Å². The van der Waals surface area contributed by atoms with Gasteiger partial charge >= 0.3 is 17.9 Å². The van der Waals surface area contributed by atoms with E-state index in [1.165, 1.54) is 6.92 Å². The van der Waals surface area contributed by atoms with Gasteiger partial charge in [-0.15, -0.1) is 0 Å². The van der Waals surface area contributed by atoms with E-state index in [1.807, 2.05) is 13.0 Å². The van der Waals surface area contributed by atoms with Crippen molar-refractivity contribution in [2.45, 2.75) is 58.7 Å². The molecule has 0 saturated carbocycles.